The molecule has 110 valence electrons. The zero-order valence-electron chi connectivity index (χ0n) is 12.0. The van der Waals surface area contributed by atoms with Crippen LogP contribution in [0.3, 0.4) is 0 Å². The molecule has 0 heterocycles. The van der Waals surface area contributed by atoms with E-state index in [1.54, 1.807) is 32.9 Å². The summed E-state index contributed by atoms with van der Waals surface area (Å²) in [6, 6.07) is 5.06. The van der Waals surface area contributed by atoms with E-state index in [9.17, 15) is 14.7 Å². The van der Waals surface area contributed by atoms with Crippen LogP contribution in [0.25, 0.3) is 0 Å². The van der Waals surface area contributed by atoms with Crippen LogP contribution in [-0.4, -0.2) is 29.9 Å². The number of benzene rings is 1. The van der Waals surface area contributed by atoms with E-state index in [0.717, 1.165) is 0 Å². The number of carbonyl (C=O) groups excluding carboxylic acids is 2. The van der Waals surface area contributed by atoms with Crippen molar-refractivity contribution in [2.45, 2.75) is 32.4 Å². The molecule has 0 fully saturated rings. The average Bonchev–Trinajstić information content (AvgIpc) is 2.34. The third kappa shape index (κ3) is 4.46. The highest BCUT2D eigenvalue weighted by Crippen LogP contribution is 2.25. The molecule has 1 aromatic carbocycles. The first-order valence-electron chi connectivity index (χ1n) is 6.10. The van der Waals surface area contributed by atoms with E-state index in [4.69, 9.17) is 4.74 Å². The highest BCUT2D eigenvalue weighted by Gasteiger charge is 2.28. The van der Waals surface area contributed by atoms with Crippen molar-refractivity contribution in [1.29, 1.82) is 0 Å². The molecule has 0 aliphatic carbocycles. The lowest BCUT2D eigenvalue weighted by atomic mass is 10.1. The average molecular weight is 281 g/mol. The number of methoxy groups -OCH3 is 1. The maximum atomic E-state index is 11.8. The quantitative estimate of drug-likeness (QED) is 0.829. The lowest BCUT2D eigenvalue weighted by molar-refractivity contribution is -0.143. The van der Waals surface area contributed by atoms with Crippen LogP contribution in [0.1, 0.15) is 32.4 Å². The standard InChI is InChI=1S/C14H19NO5/c1-14(2,3)20-13(18)15-11(12(17)19-4)9-7-5-6-8-10(9)16/h5-8,11,16H,1-4H3,(H,15,18)/t11-/m1/s1. The zero-order chi connectivity index (χ0) is 15.3. The normalized spacial score (nSPS) is 12.4. The van der Waals surface area contributed by atoms with E-state index < -0.39 is 23.7 Å². The van der Waals surface area contributed by atoms with Gasteiger partial charge >= 0.3 is 12.1 Å². The number of alkyl carbamates (subject to hydrolysis) is 1. The summed E-state index contributed by atoms with van der Waals surface area (Å²) in [4.78, 5) is 23.5. The maximum Gasteiger partial charge on any atom is 0.408 e. The van der Waals surface area contributed by atoms with Gasteiger partial charge in [0.15, 0.2) is 6.04 Å². The fraction of sp³-hybridized carbons (Fsp3) is 0.429. The zero-order valence-corrected chi connectivity index (χ0v) is 12.0. The number of hydrogen-bond donors (Lipinski definition) is 2. The van der Waals surface area contributed by atoms with Gasteiger partial charge < -0.3 is 19.9 Å². The monoisotopic (exact) mass is 281 g/mol. The minimum Gasteiger partial charge on any atom is -0.508 e. The molecular weight excluding hydrogens is 262 g/mol. The Balaban J connectivity index is 2.95. The molecule has 0 aliphatic rings. The molecule has 0 saturated heterocycles. The van der Waals surface area contributed by atoms with Crippen molar-refractivity contribution in [3.63, 3.8) is 0 Å². The summed E-state index contributed by atoms with van der Waals surface area (Å²) in [5.74, 6) is -0.809. The molecule has 0 unspecified atom stereocenters. The van der Waals surface area contributed by atoms with Gasteiger partial charge in [-0.05, 0) is 26.8 Å². The Morgan fingerprint density at radius 1 is 1.25 bits per heavy atom. The molecule has 1 rings (SSSR count). The van der Waals surface area contributed by atoms with Crippen LogP contribution in [0.5, 0.6) is 5.75 Å². The van der Waals surface area contributed by atoms with Crippen molar-refractivity contribution in [3.05, 3.63) is 29.8 Å². The molecule has 1 aromatic rings. The lowest BCUT2D eigenvalue weighted by Gasteiger charge is -2.23. The molecule has 6 nitrogen and oxygen atoms in total. The van der Waals surface area contributed by atoms with Crippen LogP contribution in [0.2, 0.25) is 0 Å². The van der Waals surface area contributed by atoms with Crippen molar-refractivity contribution >= 4 is 12.1 Å². The first kappa shape index (κ1) is 15.8. The van der Waals surface area contributed by atoms with E-state index in [-0.39, 0.29) is 11.3 Å². The third-order valence-corrected chi connectivity index (χ3v) is 2.35. The van der Waals surface area contributed by atoms with Gasteiger partial charge in [0.05, 0.1) is 7.11 Å². The summed E-state index contributed by atoms with van der Waals surface area (Å²) in [7, 11) is 1.20. The van der Waals surface area contributed by atoms with Gasteiger partial charge in [-0.1, -0.05) is 18.2 Å². The van der Waals surface area contributed by atoms with Gasteiger partial charge in [0, 0.05) is 5.56 Å². The molecule has 2 N–H and O–H groups in total. The predicted molar refractivity (Wildman–Crippen MR) is 72.2 cm³/mol. The van der Waals surface area contributed by atoms with Crippen molar-refractivity contribution < 1.29 is 24.2 Å². The summed E-state index contributed by atoms with van der Waals surface area (Å²) in [5, 5.41) is 12.2. The van der Waals surface area contributed by atoms with E-state index in [0.29, 0.717) is 0 Å². The van der Waals surface area contributed by atoms with Gasteiger partial charge in [0.2, 0.25) is 0 Å². The number of esters is 1. The van der Waals surface area contributed by atoms with Crippen molar-refractivity contribution in [2.75, 3.05) is 7.11 Å². The summed E-state index contributed by atoms with van der Waals surface area (Å²) < 4.78 is 9.72. The minimum atomic E-state index is -1.13. The fourth-order valence-corrected chi connectivity index (χ4v) is 1.54. The van der Waals surface area contributed by atoms with E-state index in [1.807, 2.05) is 0 Å². The second-order valence-electron chi connectivity index (χ2n) is 5.16. The number of ether oxygens (including phenoxy) is 2. The van der Waals surface area contributed by atoms with Gasteiger partial charge in [0.25, 0.3) is 0 Å². The summed E-state index contributed by atoms with van der Waals surface area (Å²) in [5.41, 5.74) is -0.450. The number of hydrogen-bond acceptors (Lipinski definition) is 5. The Morgan fingerprint density at radius 3 is 2.35 bits per heavy atom. The minimum absolute atomic E-state index is 0.112. The molecule has 1 amide bonds. The summed E-state index contributed by atoms with van der Waals surface area (Å²) in [6.07, 6.45) is -0.767. The van der Waals surface area contributed by atoms with Gasteiger partial charge in [0.1, 0.15) is 11.4 Å². The molecule has 0 saturated carbocycles. The van der Waals surface area contributed by atoms with Crippen LogP contribution < -0.4 is 5.32 Å². The number of phenolic OH excluding ortho intramolecular Hbond substituents is 1. The predicted octanol–water partition coefficient (Wildman–Crippen LogP) is 2.13. The molecule has 0 bridgehead atoms. The number of phenols is 1. The first-order chi connectivity index (χ1) is 9.24. The Kier molecular flexibility index (Phi) is 4.96. The molecule has 0 spiro atoms. The Morgan fingerprint density at radius 2 is 1.85 bits per heavy atom. The molecule has 0 aliphatic heterocycles. The number of carbonyl (C=O) groups is 2. The number of aromatic hydroxyl groups is 1. The largest absolute Gasteiger partial charge is 0.508 e. The second kappa shape index (κ2) is 6.27. The molecule has 20 heavy (non-hydrogen) atoms. The van der Waals surface area contributed by atoms with E-state index in [2.05, 4.69) is 10.1 Å². The summed E-state index contributed by atoms with van der Waals surface area (Å²) >= 11 is 0. The number of nitrogens with one attached hydrogen (secondary N) is 1. The lowest BCUT2D eigenvalue weighted by Crippen LogP contribution is -2.38. The van der Waals surface area contributed by atoms with Crippen LogP contribution in [0.4, 0.5) is 4.79 Å². The Hall–Kier alpha value is -2.24. The van der Waals surface area contributed by atoms with Gasteiger partial charge in [-0.25, -0.2) is 9.59 Å². The molecule has 0 radical (unpaired) electrons. The van der Waals surface area contributed by atoms with Crippen molar-refractivity contribution in [3.8, 4) is 5.75 Å². The van der Waals surface area contributed by atoms with E-state index >= 15 is 0 Å². The molecular formula is C14H19NO5. The smallest absolute Gasteiger partial charge is 0.408 e. The highest BCUT2D eigenvalue weighted by atomic mass is 16.6. The first-order valence-corrected chi connectivity index (χ1v) is 6.10. The van der Waals surface area contributed by atoms with Crippen molar-refractivity contribution in [2.24, 2.45) is 0 Å². The SMILES string of the molecule is COC(=O)[C@H](NC(=O)OC(C)(C)C)c1ccccc1O. The number of rotatable bonds is 3. The van der Waals surface area contributed by atoms with Crippen molar-refractivity contribution in [1.82, 2.24) is 5.32 Å². The molecule has 0 aromatic heterocycles. The molecule has 1 atom stereocenters. The molecule has 6 heteroatoms. The van der Waals surface area contributed by atoms with Gasteiger partial charge in [-0.15, -0.1) is 0 Å². The maximum absolute atomic E-state index is 11.8. The van der Waals surface area contributed by atoms with Crippen LogP contribution in [-0.2, 0) is 14.3 Å². The second-order valence-corrected chi connectivity index (χ2v) is 5.16. The van der Waals surface area contributed by atoms with Gasteiger partial charge in [-0.2, -0.15) is 0 Å². The fourth-order valence-electron chi connectivity index (χ4n) is 1.54. The topological polar surface area (TPSA) is 84.9 Å². The van der Waals surface area contributed by atoms with Crippen LogP contribution >= 0.6 is 0 Å². The third-order valence-electron chi connectivity index (χ3n) is 2.35. The number of para-hydroxylation sites is 1. The number of amides is 1. The Labute approximate surface area is 117 Å². The highest BCUT2D eigenvalue weighted by molar-refractivity contribution is 5.83. The van der Waals surface area contributed by atoms with Crippen LogP contribution in [0.15, 0.2) is 24.3 Å². The van der Waals surface area contributed by atoms with E-state index in [1.165, 1.54) is 19.2 Å². The van der Waals surface area contributed by atoms with Crippen LogP contribution in [0, 0.1) is 0 Å². The van der Waals surface area contributed by atoms with Gasteiger partial charge in [-0.3, -0.25) is 0 Å². The summed E-state index contributed by atoms with van der Waals surface area (Å²) in [6.45, 7) is 5.12. The Bertz CT molecular complexity index is 493.